The number of rotatable bonds is 4. The number of likely N-dealkylation sites (tertiary alicyclic amines) is 1. The summed E-state index contributed by atoms with van der Waals surface area (Å²) in [4.78, 5) is 2.54. The second-order valence-electron chi connectivity index (χ2n) is 4.77. The van der Waals surface area contributed by atoms with Gasteiger partial charge in [0.25, 0.3) is 0 Å². The fourth-order valence-corrected chi connectivity index (χ4v) is 2.27. The Hall–Kier alpha value is -0.0800. The van der Waals surface area contributed by atoms with E-state index in [0.717, 1.165) is 12.3 Å². The minimum absolute atomic E-state index is 0.141. The van der Waals surface area contributed by atoms with Crippen molar-refractivity contribution in [3.05, 3.63) is 0 Å². The Morgan fingerprint density at radius 2 is 2.08 bits per heavy atom. The Labute approximate surface area is 81.9 Å². The molecule has 2 atom stereocenters. The first-order valence-corrected chi connectivity index (χ1v) is 5.51. The topological polar surface area (TPSA) is 23.5 Å². The summed E-state index contributed by atoms with van der Waals surface area (Å²) < 4.78 is 0. The maximum Gasteiger partial charge on any atom is 0.0527 e. The first kappa shape index (κ1) is 11.0. The molecule has 0 amide bonds. The van der Waals surface area contributed by atoms with E-state index in [1.165, 1.54) is 25.9 Å². The molecule has 2 heteroatoms. The predicted octanol–water partition coefficient (Wildman–Crippen LogP) is 1.88. The zero-order valence-corrected chi connectivity index (χ0v) is 9.16. The number of hydrogen-bond acceptors (Lipinski definition) is 2. The van der Waals surface area contributed by atoms with Crippen LogP contribution in [-0.4, -0.2) is 35.2 Å². The molecule has 0 aromatic rings. The van der Waals surface area contributed by atoms with Crippen molar-refractivity contribution in [2.24, 2.45) is 5.92 Å². The summed E-state index contributed by atoms with van der Waals surface area (Å²) in [5, 5.41) is 9.34. The van der Waals surface area contributed by atoms with Crippen LogP contribution in [0.15, 0.2) is 0 Å². The van der Waals surface area contributed by atoms with Crippen molar-refractivity contribution in [1.82, 2.24) is 4.90 Å². The average Bonchev–Trinajstić information content (AvgIpc) is 2.34. The van der Waals surface area contributed by atoms with Crippen molar-refractivity contribution in [3.8, 4) is 0 Å². The zero-order chi connectivity index (χ0) is 9.84. The molecule has 1 fully saturated rings. The summed E-state index contributed by atoms with van der Waals surface area (Å²) >= 11 is 0. The van der Waals surface area contributed by atoms with E-state index in [-0.39, 0.29) is 6.10 Å². The van der Waals surface area contributed by atoms with E-state index in [2.05, 4.69) is 18.7 Å². The Balaban J connectivity index is 2.35. The zero-order valence-electron chi connectivity index (χ0n) is 9.16. The van der Waals surface area contributed by atoms with Crippen molar-refractivity contribution in [2.45, 2.75) is 52.2 Å². The van der Waals surface area contributed by atoms with Crippen LogP contribution in [0.5, 0.6) is 0 Å². The normalized spacial score (nSPS) is 27.0. The Morgan fingerprint density at radius 1 is 1.38 bits per heavy atom. The third-order valence-corrected chi connectivity index (χ3v) is 2.71. The van der Waals surface area contributed by atoms with Crippen LogP contribution in [0.2, 0.25) is 0 Å². The lowest BCUT2D eigenvalue weighted by atomic mass is 10.1. The first-order valence-electron chi connectivity index (χ1n) is 5.51. The molecule has 0 saturated carbocycles. The highest BCUT2D eigenvalue weighted by atomic mass is 16.3. The molecule has 2 unspecified atom stereocenters. The first-order chi connectivity index (χ1) is 6.09. The van der Waals surface area contributed by atoms with Gasteiger partial charge in [0, 0.05) is 12.6 Å². The highest BCUT2D eigenvalue weighted by molar-refractivity contribution is 4.80. The van der Waals surface area contributed by atoms with Crippen molar-refractivity contribution < 1.29 is 5.11 Å². The molecule has 0 spiro atoms. The van der Waals surface area contributed by atoms with Gasteiger partial charge in [-0.25, -0.2) is 0 Å². The van der Waals surface area contributed by atoms with Gasteiger partial charge in [-0.05, 0) is 38.6 Å². The maximum atomic E-state index is 9.34. The largest absolute Gasteiger partial charge is 0.393 e. The average molecular weight is 185 g/mol. The van der Waals surface area contributed by atoms with Gasteiger partial charge < -0.3 is 10.0 Å². The lowest BCUT2D eigenvalue weighted by molar-refractivity contribution is 0.128. The van der Waals surface area contributed by atoms with Gasteiger partial charge in [-0.2, -0.15) is 0 Å². The van der Waals surface area contributed by atoms with E-state index in [1.54, 1.807) is 0 Å². The van der Waals surface area contributed by atoms with Crippen LogP contribution in [-0.2, 0) is 0 Å². The predicted molar refractivity (Wildman–Crippen MR) is 55.7 cm³/mol. The quantitative estimate of drug-likeness (QED) is 0.723. The van der Waals surface area contributed by atoms with Gasteiger partial charge >= 0.3 is 0 Å². The second-order valence-corrected chi connectivity index (χ2v) is 4.77. The number of aliphatic hydroxyl groups is 1. The van der Waals surface area contributed by atoms with Crippen LogP contribution >= 0.6 is 0 Å². The minimum Gasteiger partial charge on any atom is -0.393 e. The fourth-order valence-electron chi connectivity index (χ4n) is 2.27. The molecule has 0 aromatic carbocycles. The molecule has 0 aromatic heterocycles. The number of hydrogen-bond donors (Lipinski definition) is 1. The molecule has 1 N–H and O–H groups in total. The second kappa shape index (κ2) is 4.97. The number of aliphatic hydroxyl groups excluding tert-OH is 1. The summed E-state index contributed by atoms with van der Waals surface area (Å²) in [6.45, 7) is 8.84. The lowest BCUT2D eigenvalue weighted by Crippen LogP contribution is -2.34. The van der Waals surface area contributed by atoms with Gasteiger partial charge in [0.15, 0.2) is 0 Å². The molecule has 1 saturated heterocycles. The van der Waals surface area contributed by atoms with Crippen LogP contribution in [0, 0.1) is 5.92 Å². The third kappa shape index (κ3) is 3.65. The SMILES string of the molecule is CC(C)CN1CCCC1CC(C)O. The van der Waals surface area contributed by atoms with Crippen LogP contribution < -0.4 is 0 Å². The van der Waals surface area contributed by atoms with E-state index in [9.17, 15) is 5.11 Å². The Kier molecular flexibility index (Phi) is 4.20. The van der Waals surface area contributed by atoms with Crippen molar-refractivity contribution in [2.75, 3.05) is 13.1 Å². The van der Waals surface area contributed by atoms with Crippen molar-refractivity contribution >= 4 is 0 Å². The summed E-state index contributed by atoms with van der Waals surface area (Å²) in [6.07, 6.45) is 3.40. The summed E-state index contributed by atoms with van der Waals surface area (Å²) in [5.74, 6) is 0.745. The lowest BCUT2D eigenvalue weighted by Gasteiger charge is -2.26. The molecule has 1 rings (SSSR count). The fraction of sp³-hybridized carbons (Fsp3) is 1.00. The molecule has 0 radical (unpaired) electrons. The van der Waals surface area contributed by atoms with Gasteiger partial charge in [0.1, 0.15) is 0 Å². The van der Waals surface area contributed by atoms with Gasteiger partial charge in [0.2, 0.25) is 0 Å². The summed E-state index contributed by atoms with van der Waals surface area (Å²) in [7, 11) is 0. The highest BCUT2D eigenvalue weighted by Crippen LogP contribution is 2.22. The van der Waals surface area contributed by atoms with Gasteiger partial charge in [-0.15, -0.1) is 0 Å². The monoisotopic (exact) mass is 185 g/mol. The van der Waals surface area contributed by atoms with Crippen molar-refractivity contribution in [1.29, 1.82) is 0 Å². The number of nitrogens with zero attached hydrogens (tertiary/aromatic N) is 1. The molecule has 0 aliphatic carbocycles. The summed E-state index contributed by atoms with van der Waals surface area (Å²) in [5.41, 5.74) is 0. The van der Waals surface area contributed by atoms with Crippen LogP contribution in [0.3, 0.4) is 0 Å². The van der Waals surface area contributed by atoms with Crippen LogP contribution in [0.4, 0.5) is 0 Å². The standard InChI is InChI=1S/C11H23NO/c1-9(2)8-12-6-4-5-11(12)7-10(3)13/h9-11,13H,4-8H2,1-3H3. The van der Waals surface area contributed by atoms with E-state index >= 15 is 0 Å². The highest BCUT2D eigenvalue weighted by Gasteiger charge is 2.25. The van der Waals surface area contributed by atoms with Gasteiger partial charge in [-0.3, -0.25) is 0 Å². The molecule has 0 bridgehead atoms. The van der Waals surface area contributed by atoms with E-state index in [1.807, 2.05) is 6.92 Å². The smallest absolute Gasteiger partial charge is 0.0527 e. The van der Waals surface area contributed by atoms with Crippen LogP contribution in [0.1, 0.15) is 40.0 Å². The van der Waals surface area contributed by atoms with E-state index in [0.29, 0.717) is 6.04 Å². The van der Waals surface area contributed by atoms with E-state index in [4.69, 9.17) is 0 Å². The molecule has 1 heterocycles. The Bertz CT molecular complexity index is 129. The molecular weight excluding hydrogens is 162 g/mol. The molecule has 78 valence electrons. The summed E-state index contributed by atoms with van der Waals surface area (Å²) in [6, 6.07) is 0.641. The molecule has 2 nitrogen and oxygen atoms in total. The van der Waals surface area contributed by atoms with Crippen LogP contribution in [0.25, 0.3) is 0 Å². The molecule has 13 heavy (non-hydrogen) atoms. The van der Waals surface area contributed by atoms with E-state index < -0.39 is 0 Å². The molecule has 1 aliphatic heterocycles. The Morgan fingerprint density at radius 3 is 2.62 bits per heavy atom. The third-order valence-electron chi connectivity index (χ3n) is 2.71. The minimum atomic E-state index is -0.141. The van der Waals surface area contributed by atoms with Crippen molar-refractivity contribution in [3.63, 3.8) is 0 Å². The molecule has 1 aliphatic rings. The maximum absolute atomic E-state index is 9.34. The van der Waals surface area contributed by atoms with Gasteiger partial charge in [0.05, 0.1) is 6.10 Å². The molecular formula is C11H23NO. The van der Waals surface area contributed by atoms with Gasteiger partial charge in [-0.1, -0.05) is 13.8 Å².